The standard InChI is InChI=1S/C22H34N4O3/c1-18(2)22(19-6-4-3-5-7-19)23-16-20(27)25-10-8-24(9-11-25)17-21(28)26-12-14-29-15-13-26/h3-7,18,22-23H,8-17H2,1-2H3. The van der Waals surface area contributed by atoms with Gasteiger partial charge in [-0.15, -0.1) is 0 Å². The highest BCUT2D eigenvalue weighted by Gasteiger charge is 2.25. The molecule has 29 heavy (non-hydrogen) atoms. The van der Waals surface area contributed by atoms with Gasteiger partial charge in [0.1, 0.15) is 0 Å². The number of nitrogens with zero attached hydrogens (tertiary/aromatic N) is 3. The van der Waals surface area contributed by atoms with E-state index in [1.54, 1.807) is 0 Å². The van der Waals surface area contributed by atoms with Gasteiger partial charge in [-0.1, -0.05) is 44.2 Å². The van der Waals surface area contributed by atoms with Crippen molar-refractivity contribution < 1.29 is 14.3 Å². The number of ether oxygens (including phenoxy) is 1. The minimum Gasteiger partial charge on any atom is -0.378 e. The minimum absolute atomic E-state index is 0.130. The van der Waals surface area contributed by atoms with Crippen LogP contribution >= 0.6 is 0 Å². The molecule has 0 spiro atoms. The molecule has 2 aliphatic heterocycles. The number of piperazine rings is 1. The van der Waals surface area contributed by atoms with Gasteiger partial charge in [-0.3, -0.25) is 14.5 Å². The van der Waals surface area contributed by atoms with Crippen molar-refractivity contribution in [2.75, 3.05) is 65.6 Å². The molecule has 2 aliphatic rings. The zero-order chi connectivity index (χ0) is 20.6. The normalized spacial score (nSPS) is 19.4. The maximum atomic E-state index is 12.7. The van der Waals surface area contributed by atoms with Crippen LogP contribution in [0.1, 0.15) is 25.5 Å². The first-order valence-corrected chi connectivity index (χ1v) is 10.7. The first-order valence-electron chi connectivity index (χ1n) is 10.7. The van der Waals surface area contributed by atoms with Gasteiger partial charge in [0.2, 0.25) is 11.8 Å². The Morgan fingerprint density at radius 3 is 2.17 bits per heavy atom. The van der Waals surface area contributed by atoms with E-state index >= 15 is 0 Å². The van der Waals surface area contributed by atoms with E-state index in [4.69, 9.17) is 4.74 Å². The third kappa shape index (κ3) is 6.26. The fourth-order valence-corrected chi connectivity index (χ4v) is 3.97. The van der Waals surface area contributed by atoms with E-state index in [2.05, 4.69) is 36.2 Å². The molecule has 3 rings (SSSR count). The van der Waals surface area contributed by atoms with Crippen molar-refractivity contribution in [3.63, 3.8) is 0 Å². The maximum absolute atomic E-state index is 12.7. The van der Waals surface area contributed by atoms with Crippen LogP contribution in [-0.2, 0) is 14.3 Å². The number of hydrogen-bond donors (Lipinski definition) is 1. The lowest BCUT2D eigenvalue weighted by molar-refractivity contribution is -0.137. The molecule has 0 aliphatic carbocycles. The molecule has 2 saturated heterocycles. The number of amides is 2. The highest BCUT2D eigenvalue weighted by atomic mass is 16.5. The molecule has 0 aromatic heterocycles. The molecule has 1 aromatic carbocycles. The summed E-state index contributed by atoms with van der Waals surface area (Å²) in [6.45, 7) is 10.6. The number of morpholine rings is 1. The topological polar surface area (TPSA) is 65.1 Å². The lowest BCUT2D eigenvalue weighted by Gasteiger charge is -2.36. The average molecular weight is 403 g/mol. The molecular formula is C22H34N4O3. The Kier molecular flexibility index (Phi) is 8.03. The van der Waals surface area contributed by atoms with Crippen LogP contribution in [-0.4, -0.2) is 92.1 Å². The smallest absolute Gasteiger partial charge is 0.236 e. The van der Waals surface area contributed by atoms with Gasteiger partial charge in [-0.25, -0.2) is 0 Å². The van der Waals surface area contributed by atoms with E-state index in [0.29, 0.717) is 58.4 Å². The van der Waals surface area contributed by atoms with Crippen molar-refractivity contribution in [1.82, 2.24) is 20.0 Å². The van der Waals surface area contributed by atoms with E-state index in [1.165, 1.54) is 5.56 Å². The van der Waals surface area contributed by atoms with Crippen LogP contribution in [0.4, 0.5) is 0 Å². The van der Waals surface area contributed by atoms with E-state index in [1.807, 2.05) is 28.0 Å². The first kappa shape index (κ1) is 21.7. The Labute approximate surface area is 174 Å². The van der Waals surface area contributed by atoms with Gasteiger partial charge >= 0.3 is 0 Å². The largest absolute Gasteiger partial charge is 0.378 e. The van der Waals surface area contributed by atoms with Crippen LogP contribution in [0.3, 0.4) is 0 Å². The summed E-state index contributed by atoms with van der Waals surface area (Å²) in [5.41, 5.74) is 1.21. The Hall–Kier alpha value is -1.96. The summed E-state index contributed by atoms with van der Waals surface area (Å²) in [6, 6.07) is 10.4. The highest BCUT2D eigenvalue weighted by molar-refractivity contribution is 5.79. The van der Waals surface area contributed by atoms with E-state index in [-0.39, 0.29) is 17.9 Å². The molecule has 0 saturated carbocycles. The third-order valence-electron chi connectivity index (χ3n) is 5.75. The van der Waals surface area contributed by atoms with Gasteiger partial charge in [-0.05, 0) is 11.5 Å². The zero-order valence-corrected chi connectivity index (χ0v) is 17.7. The van der Waals surface area contributed by atoms with Crippen LogP contribution in [0.5, 0.6) is 0 Å². The van der Waals surface area contributed by atoms with Gasteiger partial charge in [0.05, 0.1) is 26.3 Å². The SMILES string of the molecule is CC(C)C(NCC(=O)N1CCN(CC(=O)N2CCOCC2)CC1)c1ccccc1. The molecule has 2 fully saturated rings. The fourth-order valence-electron chi connectivity index (χ4n) is 3.97. The molecule has 160 valence electrons. The van der Waals surface area contributed by atoms with Crippen molar-refractivity contribution in [3.05, 3.63) is 35.9 Å². The lowest BCUT2D eigenvalue weighted by Crippen LogP contribution is -2.54. The summed E-state index contributed by atoms with van der Waals surface area (Å²) in [5.74, 6) is 0.691. The number of nitrogens with one attached hydrogen (secondary N) is 1. The van der Waals surface area contributed by atoms with Crippen LogP contribution < -0.4 is 5.32 Å². The third-order valence-corrected chi connectivity index (χ3v) is 5.75. The number of carbonyl (C=O) groups excluding carboxylic acids is 2. The monoisotopic (exact) mass is 402 g/mol. The Morgan fingerprint density at radius 2 is 1.55 bits per heavy atom. The van der Waals surface area contributed by atoms with Crippen LogP contribution in [0.2, 0.25) is 0 Å². The van der Waals surface area contributed by atoms with Crippen LogP contribution in [0.15, 0.2) is 30.3 Å². The lowest BCUT2D eigenvalue weighted by atomic mass is 9.96. The fraction of sp³-hybridized carbons (Fsp3) is 0.636. The summed E-state index contributed by atoms with van der Waals surface area (Å²) >= 11 is 0. The van der Waals surface area contributed by atoms with E-state index in [9.17, 15) is 9.59 Å². The molecule has 1 unspecified atom stereocenters. The molecular weight excluding hydrogens is 368 g/mol. The molecule has 0 bridgehead atoms. The van der Waals surface area contributed by atoms with Gasteiger partial charge < -0.3 is 19.9 Å². The molecule has 2 amide bonds. The van der Waals surface area contributed by atoms with Crippen molar-refractivity contribution in [2.45, 2.75) is 19.9 Å². The quantitative estimate of drug-likeness (QED) is 0.737. The molecule has 1 atom stereocenters. The zero-order valence-electron chi connectivity index (χ0n) is 17.7. The molecule has 0 radical (unpaired) electrons. The van der Waals surface area contributed by atoms with Crippen molar-refractivity contribution in [1.29, 1.82) is 0 Å². The molecule has 1 N–H and O–H groups in total. The van der Waals surface area contributed by atoms with E-state index < -0.39 is 0 Å². The van der Waals surface area contributed by atoms with Crippen LogP contribution in [0, 0.1) is 5.92 Å². The highest BCUT2D eigenvalue weighted by Crippen LogP contribution is 2.21. The van der Waals surface area contributed by atoms with E-state index in [0.717, 1.165) is 13.1 Å². The summed E-state index contributed by atoms with van der Waals surface area (Å²) in [4.78, 5) is 31.0. The van der Waals surface area contributed by atoms with Gasteiger partial charge in [-0.2, -0.15) is 0 Å². The predicted molar refractivity (Wildman–Crippen MR) is 112 cm³/mol. The van der Waals surface area contributed by atoms with Crippen molar-refractivity contribution in [2.24, 2.45) is 5.92 Å². The minimum atomic E-state index is 0.130. The maximum Gasteiger partial charge on any atom is 0.236 e. The van der Waals surface area contributed by atoms with Gasteiger partial charge in [0.25, 0.3) is 0 Å². The molecule has 1 aromatic rings. The Bertz CT molecular complexity index is 653. The summed E-state index contributed by atoms with van der Waals surface area (Å²) in [6.07, 6.45) is 0. The molecule has 7 nitrogen and oxygen atoms in total. The number of hydrogen-bond acceptors (Lipinski definition) is 5. The number of rotatable bonds is 7. The first-order chi connectivity index (χ1) is 14.0. The number of benzene rings is 1. The van der Waals surface area contributed by atoms with Gasteiger partial charge in [0, 0.05) is 45.3 Å². The average Bonchev–Trinajstić information content (AvgIpc) is 2.75. The molecule has 2 heterocycles. The summed E-state index contributed by atoms with van der Waals surface area (Å²) in [7, 11) is 0. The summed E-state index contributed by atoms with van der Waals surface area (Å²) < 4.78 is 5.31. The predicted octanol–water partition coefficient (Wildman–Crippen LogP) is 0.976. The number of carbonyl (C=O) groups is 2. The van der Waals surface area contributed by atoms with Crippen LogP contribution in [0.25, 0.3) is 0 Å². The second kappa shape index (κ2) is 10.7. The Balaban J connectivity index is 1.42. The Morgan fingerprint density at radius 1 is 0.931 bits per heavy atom. The van der Waals surface area contributed by atoms with Gasteiger partial charge in [0.15, 0.2) is 0 Å². The summed E-state index contributed by atoms with van der Waals surface area (Å²) in [5, 5.41) is 3.44. The second-order valence-electron chi connectivity index (χ2n) is 8.16. The second-order valence-corrected chi connectivity index (χ2v) is 8.16. The van der Waals surface area contributed by atoms with Crippen molar-refractivity contribution in [3.8, 4) is 0 Å². The molecule has 7 heteroatoms. The van der Waals surface area contributed by atoms with Crippen molar-refractivity contribution >= 4 is 11.8 Å².